The summed E-state index contributed by atoms with van der Waals surface area (Å²) in [7, 11) is 1.89. The molecule has 17 heavy (non-hydrogen) atoms. The van der Waals surface area contributed by atoms with E-state index in [1.807, 2.05) is 25.4 Å². The van der Waals surface area contributed by atoms with Crippen LogP contribution in [0.4, 0.5) is 0 Å². The third kappa shape index (κ3) is 2.97. The zero-order valence-corrected chi connectivity index (χ0v) is 12.3. The van der Waals surface area contributed by atoms with Crippen LogP contribution in [0.3, 0.4) is 0 Å². The van der Waals surface area contributed by atoms with Gasteiger partial charge in [0.05, 0.1) is 15.6 Å². The van der Waals surface area contributed by atoms with Gasteiger partial charge in [-0.05, 0) is 34.5 Å². The fourth-order valence-electron chi connectivity index (χ4n) is 1.87. The third-order valence-electron chi connectivity index (χ3n) is 2.65. The Balaban J connectivity index is 2.16. The molecule has 2 aromatic rings. The molecule has 92 valence electrons. The van der Waals surface area contributed by atoms with Crippen LogP contribution >= 0.6 is 27.3 Å². The van der Waals surface area contributed by atoms with Crippen LogP contribution < -0.4 is 0 Å². The van der Waals surface area contributed by atoms with Gasteiger partial charge in [0.15, 0.2) is 0 Å². The maximum Gasteiger partial charge on any atom is 0.0871 e. The van der Waals surface area contributed by atoms with E-state index >= 15 is 0 Å². The van der Waals surface area contributed by atoms with Gasteiger partial charge in [-0.25, -0.2) is 0 Å². The van der Waals surface area contributed by atoms with Crippen LogP contribution in [-0.4, -0.2) is 14.9 Å². The first-order valence-corrected chi connectivity index (χ1v) is 7.15. The number of nitrogens with zero attached hydrogens (tertiary/aromatic N) is 2. The number of aliphatic hydroxyl groups is 1. The normalized spacial score (nSPS) is 12.9. The predicted molar refractivity (Wildman–Crippen MR) is 73.3 cm³/mol. The second-order valence-electron chi connectivity index (χ2n) is 3.98. The summed E-state index contributed by atoms with van der Waals surface area (Å²) in [6, 6.07) is 4.05. The molecule has 0 radical (unpaired) electrons. The van der Waals surface area contributed by atoms with Crippen molar-refractivity contribution in [2.75, 3.05) is 0 Å². The highest BCUT2D eigenvalue weighted by atomic mass is 79.9. The Morgan fingerprint density at radius 1 is 1.53 bits per heavy atom. The first-order chi connectivity index (χ1) is 8.10. The van der Waals surface area contributed by atoms with Crippen LogP contribution in [-0.2, 0) is 19.9 Å². The van der Waals surface area contributed by atoms with Crippen molar-refractivity contribution >= 4 is 27.3 Å². The van der Waals surface area contributed by atoms with E-state index in [4.69, 9.17) is 0 Å². The van der Waals surface area contributed by atoms with Gasteiger partial charge in [0.2, 0.25) is 0 Å². The number of aliphatic hydroxyl groups excluding tert-OH is 1. The minimum Gasteiger partial charge on any atom is -0.388 e. The van der Waals surface area contributed by atoms with E-state index in [0.29, 0.717) is 6.42 Å². The smallest absolute Gasteiger partial charge is 0.0871 e. The summed E-state index contributed by atoms with van der Waals surface area (Å²) < 4.78 is 2.86. The minimum absolute atomic E-state index is 0.468. The Hall–Kier alpha value is -0.650. The van der Waals surface area contributed by atoms with Gasteiger partial charge >= 0.3 is 0 Å². The van der Waals surface area contributed by atoms with Gasteiger partial charge in [0.25, 0.3) is 0 Å². The van der Waals surface area contributed by atoms with Crippen molar-refractivity contribution in [1.82, 2.24) is 9.78 Å². The highest BCUT2D eigenvalue weighted by Gasteiger charge is 2.16. The first-order valence-electron chi connectivity index (χ1n) is 5.54. The quantitative estimate of drug-likeness (QED) is 0.941. The second-order valence-corrected chi connectivity index (χ2v) is 6.53. The maximum absolute atomic E-state index is 10.2. The van der Waals surface area contributed by atoms with Crippen LogP contribution in [0.2, 0.25) is 0 Å². The summed E-state index contributed by atoms with van der Waals surface area (Å²) in [4.78, 5) is 1.18. The molecule has 2 heterocycles. The number of hydrogen-bond acceptors (Lipinski definition) is 3. The Labute approximate surface area is 113 Å². The summed E-state index contributed by atoms with van der Waals surface area (Å²) in [5, 5.41) is 14.6. The predicted octanol–water partition coefficient (Wildman–Crippen LogP) is 3.08. The summed E-state index contributed by atoms with van der Waals surface area (Å²) >= 11 is 5.09. The molecule has 0 saturated carbocycles. The van der Waals surface area contributed by atoms with Gasteiger partial charge in [0, 0.05) is 30.1 Å². The minimum atomic E-state index is -0.468. The molecule has 0 saturated heterocycles. The van der Waals surface area contributed by atoms with Crippen LogP contribution in [0.25, 0.3) is 0 Å². The molecule has 5 heteroatoms. The number of halogens is 1. The SMILES string of the molecule is CCc1nn(C)cc1C(O)Cc1ccc(Br)s1. The summed E-state index contributed by atoms with van der Waals surface area (Å²) in [5.41, 5.74) is 1.93. The van der Waals surface area contributed by atoms with E-state index in [1.54, 1.807) is 16.0 Å². The van der Waals surface area contributed by atoms with Gasteiger partial charge in [0.1, 0.15) is 0 Å². The van der Waals surface area contributed by atoms with Crippen molar-refractivity contribution in [3.05, 3.63) is 38.3 Å². The number of thiophene rings is 1. The first kappa shape index (κ1) is 12.8. The summed E-state index contributed by atoms with van der Waals surface area (Å²) in [6.45, 7) is 2.06. The highest BCUT2D eigenvalue weighted by Crippen LogP contribution is 2.28. The van der Waals surface area contributed by atoms with Crippen molar-refractivity contribution < 1.29 is 5.11 Å². The van der Waals surface area contributed by atoms with Gasteiger partial charge in [-0.1, -0.05) is 6.92 Å². The molecule has 0 fully saturated rings. The van der Waals surface area contributed by atoms with Gasteiger partial charge in [-0.2, -0.15) is 5.10 Å². The van der Waals surface area contributed by atoms with E-state index in [-0.39, 0.29) is 0 Å². The molecule has 0 spiro atoms. The lowest BCUT2D eigenvalue weighted by atomic mass is 10.1. The van der Waals surface area contributed by atoms with E-state index in [1.165, 1.54) is 4.88 Å². The molecule has 3 nitrogen and oxygen atoms in total. The van der Waals surface area contributed by atoms with Crippen LogP contribution in [0.5, 0.6) is 0 Å². The lowest BCUT2D eigenvalue weighted by Crippen LogP contribution is -2.02. The molecular formula is C12H15BrN2OS. The third-order valence-corrected chi connectivity index (χ3v) is 4.30. The van der Waals surface area contributed by atoms with Crippen molar-refractivity contribution in [3.8, 4) is 0 Å². The average molecular weight is 315 g/mol. The molecule has 2 aromatic heterocycles. The Bertz CT molecular complexity index is 506. The molecule has 1 N–H and O–H groups in total. The average Bonchev–Trinajstić information content (AvgIpc) is 2.84. The number of aromatic nitrogens is 2. The molecule has 0 bridgehead atoms. The van der Waals surface area contributed by atoms with Crippen LogP contribution in [0.15, 0.2) is 22.1 Å². The Morgan fingerprint density at radius 2 is 2.29 bits per heavy atom. The van der Waals surface area contributed by atoms with Crippen LogP contribution in [0.1, 0.15) is 29.2 Å². The molecule has 0 aliphatic carbocycles. The topological polar surface area (TPSA) is 38.0 Å². The summed E-state index contributed by atoms with van der Waals surface area (Å²) in [6.07, 6.45) is 2.94. The molecule has 0 aliphatic rings. The van der Waals surface area contributed by atoms with Gasteiger partial charge in [-0.3, -0.25) is 4.68 Å². The fraction of sp³-hybridized carbons (Fsp3) is 0.417. The molecule has 0 aliphatic heterocycles. The molecule has 1 unspecified atom stereocenters. The Kier molecular flexibility index (Phi) is 4.01. The monoisotopic (exact) mass is 314 g/mol. The number of hydrogen-bond donors (Lipinski definition) is 1. The Morgan fingerprint density at radius 3 is 2.88 bits per heavy atom. The van der Waals surface area contributed by atoms with Crippen molar-refractivity contribution in [2.24, 2.45) is 7.05 Å². The zero-order valence-electron chi connectivity index (χ0n) is 9.85. The molecular weight excluding hydrogens is 300 g/mol. The standard InChI is InChI=1S/C12H15BrN2OS/c1-3-10-9(7-15(2)14-10)11(16)6-8-4-5-12(13)17-8/h4-5,7,11,16H,3,6H2,1-2H3. The fourth-order valence-corrected chi connectivity index (χ4v) is 3.39. The van der Waals surface area contributed by atoms with Crippen LogP contribution in [0, 0.1) is 0 Å². The highest BCUT2D eigenvalue weighted by molar-refractivity contribution is 9.11. The van der Waals surface area contributed by atoms with E-state index in [2.05, 4.69) is 28.0 Å². The molecule has 0 aromatic carbocycles. The lowest BCUT2D eigenvalue weighted by molar-refractivity contribution is 0.178. The largest absolute Gasteiger partial charge is 0.388 e. The summed E-state index contributed by atoms with van der Waals surface area (Å²) in [5.74, 6) is 0. The number of rotatable bonds is 4. The van der Waals surface area contributed by atoms with E-state index < -0.39 is 6.10 Å². The zero-order chi connectivity index (χ0) is 12.4. The molecule has 0 amide bonds. The molecule has 1 atom stereocenters. The van der Waals surface area contributed by atoms with Gasteiger partial charge < -0.3 is 5.11 Å². The second kappa shape index (κ2) is 5.33. The van der Waals surface area contributed by atoms with E-state index in [9.17, 15) is 5.11 Å². The number of aryl methyl sites for hydroxylation is 2. The lowest BCUT2D eigenvalue weighted by Gasteiger charge is -2.08. The molecule has 2 rings (SSSR count). The van der Waals surface area contributed by atoms with Crippen molar-refractivity contribution in [1.29, 1.82) is 0 Å². The maximum atomic E-state index is 10.2. The van der Waals surface area contributed by atoms with E-state index in [0.717, 1.165) is 21.5 Å². The van der Waals surface area contributed by atoms with Crippen molar-refractivity contribution in [3.63, 3.8) is 0 Å². The van der Waals surface area contributed by atoms with Gasteiger partial charge in [-0.15, -0.1) is 11.3 Å². The van der Waals surface area contributed by atoms with Crippen molar-refractivity contribution in [2.45, 2.75) is 25.9 Å².